The standard InChI is InChI=1S/C31H31FN4O2S/c32-23-9-11-25(22-15-21(22)23)38-20-8-10-24-26(14-20)39-30(34-24)35-29(37)33-19-13-28-31(16-19)12-4-7-27(31)36(28)17-18-5-2-1-3-6-18/h1-3,5-6,8-11,14,19,21-22,27-28H,4,7,12-13,15-17H2,(H2,33,34,35,37). The zero-order chi connectivity index (χ0) is 26.1. The van der Waals surface area contributed by atoms with Crippen LogP contribution in [0.2, 0.25) is 0 Å². The molecule has 0 bridgehead atoms. The van der Waals surface area contributed by atoms with Gasteiger partial charge < -0.3 is 10.1 Å². The Labute approximate surface area is 230 Å². The number of carbonyl (C=O) groups excluding carboxylic acids is 1. The minimum absolute atomic E-state index is 0.00685. The van der Waals surface area contributed by atoms with Gasteiger partial charge in [-0.15, -0.1) is 0 Å². The number of halogens is 1. The molecule has 1 aromatic heterocycles. The molecule has 5 aliphatic rings. The number of ether oxygens (including phenoxy) is 1. The summed E-state index contributed by atoms with van der Waals surface area (Å²) in [6.07, 6.45) is 9.97. The van der Waals surface area contributed by atoms with E-state index in [1.54, 1.807) is 6.08 Å². The maximum atomic E-state index is 13.7. The fourth-order valence-corrected chi connectivity index (χ4v) is 8.81. The van der Waals surface area contributed by atoms with Crippen molar-refractivity contribution >= 4 is 32.7 Å². The molecule has 1 saturated heterocycles. The van der Waals surface area contributed by atoms with Gasteiger partial charge in [-0.1, -0.05) is 48.1 Å². The molecule has 8 rings (SSSR count). The van der Waals surface area contributed by atoms with Gasteiger partial charge in [0.1, 0.15) is 17.3 Å². The van der Waals surface area contributed by atoms with Crippen molar-refractivity contribution < 1.29 is 13.9 Å². The largest absolute Gasteiger partial charge is 0.461 e. The summed E-state index contributed by atoms with van der Waals surface area (Å²) in [5, 5.41) is 6.82. The van der Waals surface area contributed by atoms with Crippen molar-refractivity contribution in [3.63, 3.8) is 0 Å². The average molecular weight is 543 g/mol. The van der Waals surface area contributed by atoms with Gasteiger partial charge in [-0.3, -0.25) is 10.2 Å². The second-order valence-electron chi connectivity index (χ2n) is 11.9. The molecule has 2 aromatic carbocycles. The Bertz CT molecular complexity index is 1520. The Hall–Kier alpha value is -3.23. The van der Waals surface area contributed by atoms with Gasteiger partial charge >= 0.3 is 6.03 Å². The number of hydrogen-bond acceptors (Lipinski definition) is 5. The van der Waals surface area contributed by atoms with E-state index in [1.807, 2.05) is 18.2 Å². The second kappa shape index (κ2) is 8.89. The van der Waals surface area contributed by atoms with Gasteiger partial charge in [0.25, 0.3) is 0 Å². The normalized spacial score (nSPS) is 32.4. The molecule has 200 valence electrons. The van der Waals surface area contributed by atoms with Crippen LogP contribution in [-0.4, -0.2) is 34.0 Å². The number of likely N-dealkylation sites (tertiary alicyclic amines) is 1. The van der Waals surface area contributed by atoms with Crippen molar-refractivity contribution in [3.8, 4) is 5.75 Å². The maximum absolute atomic E-state index is 13.7. The SMILES string of the molecule is O=C(Nc1nc2ccc(OC3=CC=C(F)C4CC34)cc2s1)NC1CC2N(Cc3ccccc3)C3CCCC32C1. The topological polar surface area (TPSA) is 66.5 Å². The van der Waals surface area contributed by atoms with E-state index < -0.39 is 0 Å². The average Bonchev–Trinajstić information content (AvgIpc) is 3.42. The number of anilines is 1. The highest BCUT2D eigenvalue weighted by Crippen LogP contribution is 2.62. The zero-order valence-corrected chi connectivity index (χ0v) is 22.4. The Kier molecular flexibility index (Phi) is 5.39. The van der Waals surface area contributed by atoms with Crippen LogP contribution >= 0.6 is 11.3 Å². The molecule has 1 aliphatic heterocycles. The third-order valence-corrected chi connectivity index (χ3v) is 10.6. The van der Waals surface area contributed by atoms with Crippen LogP contribution in [0.15, 0.2) is 72.3 Å². The lowest BCUT2D eigenvalue weighted by Gasteiger charge is -2.58. The van der Waals surface area contributed by atoms with Gasteiger partial charge in [0.15, 0.2) is 5.13 Å². The summed E-state index contributed by atoms with van der Waals surface area (Å²) in [7, 11) is 0. The van der Waals surface area contributed by atoms with E-state index in [-0.39, 0.29) is 29.7 Å². The summed E-state index contributed by atoms with van der Waals surface area (Å²) >= 11 is 1.44. The van der Waals surface area contributed by atoms with E-state index >= 15 is 0 Å². The Morgan fingerprint density at radius 3 is 2.92 bits per heavy atom. The van der Waals surface area contributed by atoms with Crippen LogP contribution in [-0.2, 0) is 6.54 Å². The molecule has 3 saturated carbocycles. The summed E-state index contributed by atoms with van der Waals surface area (Å²) in [4.78, 5) is 20.3. The number of nitrogens with one attached hydrogen (secondary N) is 2. The van der Waals surface area contributed by atoms with Gasteiger partial charge in [-0.05, 0) is 62.0 Å². The van der Waals surface area contributed by atoms with E-state index in [0.717, 1.165) is 41.8 Å². The maximum Gasteiger partial charge on any atom is 0.321 e. The number of thiazole rings is 1. The van der Waals surface area contributed by atoms with Crippen LogP contribution in [0, 0.1) is 17.3 Å². The van der Waals surface area contributed by atoms with E-state index in [2.05, 4.69) is 50.8 Å². The highest BCUT2D eigenvalue weighted by atomic mass is 32.1. The van der Waals surface area contributed by atoms with Gasteiger partial charge in [-0.2, -0.15) is 0 Å². The Morgan fingerprint density at radius 2 is 2.03 bits per heavy atom. The number of amides is 2. The summed E-state index contributed by atoms with van der Waals surface area (Å²) < 4.78 is 20.7. The highest BCUT2D eigenvalue weighted by Gasteiger charge is 2.65. The number of allylic oxidation sites excluding steroid dienone is 4. The van der Waals surface area contributed by atoms with Crippen molar-refractivity contribution in [3.05, 3.63) is 77.8 Å². The van der Waals surface area contributed by atoms with Crippen molar-refractivity contribution in [1.82, 2.24) is 15.2 Å². The molecule has 4 aliphatic carbocycles. The summed E-state index contributed by atoms with van der Waals surface area (Å²) in [6, 6.07) is 17.7. The van der Waals surface area contributed by atoms with Crippen LogP contribution in [0.5, 0.6) is 5.75 Å². The molecule has 2 heterocycles. The quantitative estimate of drug-likeness (QED) is 0.361. The van der Waals surface area contributed by atoms with Crippen LogP contribution in [0.4, 0.5) is 14.3 Å². The number of hydrogen-bond donors (Lipinski definition) is 2. The molecule has 3 aromatic rings. The third-order valence-electron chi connectivity index (χ3n) is 9.66. The molecule has 39 heavy (non-hydrogen) atoms. The third kappa shape index (κ3) is 3.99. The van der Waals surface area contributed by atoms with Crippen LogP contribution < -0.4 is 15.4 Å². The van der Waals surface area contributed by atoms with Crippen molar-refractivity contribution in [2.45, 2.75) is 63.2 Å². The number of fused-ring (bicyclic) bond motifs is 2. The first kappa shape index (κ1) is 23.6. The minimum Gasteiger partial charge on any atom is -0.461 e. The molecule has 1 spiro atoms. The molecule has 6 unspecified atom stereocenters. The summed E-state index contributed by atoms with van der Waals surface area (Å²) in [6.45, 7) is 1.00. The molecule has 4 fully saturated rings. The molecule has 2 amide bonds. The molecule has 2 N–H and O–H groups in total. The number of urea groups is 1. The predicted molar refractivity (Wildman–Crippen MR) is 150 cm³/mol. The molecular weight excluding hydrogens is 511 g/mol. The highest BCUT2D eigenvalue weighted by molar-refractivity contribution is 7.22. The number of nitrogens with zero attached hydrogens (tertiary/aromatic N) is 2. The fourth-order valence-electron chi connectivity index (χ4n) is 7.92. The minimum atomic E-state index is -0.182. The number of aromatic nitrogens is 1. The van der Waals surface area contributed by atoms with E-state index in [0.29, 0.717) is 28.4 Å². The zero-order valence-electron chi connectivity index (χ0n) is 21.6. The molecular formula is C31H31FN4O2S. The predicted octanol–water partition coefficient (Wildman–Crippen LogP) is 6.77. The van der Waals surface area contributed by atoms with Crippen LogP contribution in [0.25, 0.3) is 10.2 Å². The van der Waals surface area contributed by atoms with Crippen LogP contribution in [0.3, 0.4) is 0 Å². The number of benzene rings is 2. The lowest BCUT2D eigenvalue weighted by molar-refractivity contribution is -0.106. The molecule has 6 atom stereocenters. The first-order valence-corrected chi connectivity index (χ1v) is 14.9. The van der Waals surface area contributed by atoms with Gasteiger partial charge in [0, 0.05) is 48.0 Å². The lowest BCUT2D eigenvalue weighted by atomic mass is 9.68. The van der Waals surface area contributed by atoms with Crippen molar-refractivity contribution in [2.75, 3.05) is 5.32 Å². The van der Waals surface area contributed by atoms with E-state index in [4.69, 9.17) is 4.74 Å². The summed E-state index contributed by atoms with van der Waals surface area (Å²) in [5.74, 6) is 1.63. The van der Waals surface area contributed by atoms with Crippen molar-refractivity contribution in [2.24, 2.45) is 17.3 Å². The van der Waals surface area contributed by atoms with E-state index in [9.17, 15) is 9.18 Å². The summed E-state index contributed by atoms with van der Waals surface area (Å²) in [5.41, 5.74) is 2.56. The first-order valence-electron chi connectivity index (χ1n) is 14.1. The lowest BCUT2D eigenvalue weighted by Crippen LogP contribution is -2.66. The number of rotatable bonds is 6. The molecule has 0 radical (unpaired) electrons. The Balaban J connectivity index is 0.911. The number of carbonyl (C=O) groups is 1. The van der Waals surface area contributed by atoms with Gasteiger partial charge in [0.05, 0.1) is 10.2 Å². The fraction of sp³-hybridized carbons (Fsp3) is 0.419. The smallest absolute Gasteiger partial charge is 0.321 e. The first-order chi connectivity index (χ1) is 19.1. The second-order valence-corrected chi connectivity index (χ2v) is 12.9. The van der Waals surface area contributed by atoms with E-state index in [1.165, 1.54) is 42.2 Å². The van der Waals surface area contributed by atoms with Gasteiger partial charge in [-0.25, -0.2) is 14.2 Å². The molecule has 6 nitrogen and oxygen atoms in total. The van der Waals surface area contributed by atoms with Crippen molar-refractivity contribution in [1.29, 1.82) is 0 Å². The van der Waals surface area contributed by atoms with Crippen LogP contribution in [0.1, 0.15) is 44.1 Å². The molecule has 8 heteroatoms. The monoisotopic (exact) mass is 542 g/mol. The van der Waals surface area contributed by atoms with Gasteiger partial charge in [0.2, 0.25) is 0 Å². The Morgan fingerprint density at radius 1 is 1.13 bits per heavy atom.